The Kier molecular flexibility index (Phi) is 10.1. The predicted octanol–water partition coefficient (Wildman–Crippen LogP) is 6.33. The number of benzene rings is 4. The van der Waals surface area contributed by atoms with Crippen LogP contribution in [0.15, 0.2) is 103 Å². The molecule has 0 aliphatic rings. The molecule has 218 valence electrons. The number of ketones is 1. The van der Waals surface area contributed by atoms with E-state index in [4.69, 9.17) is 14.2 Å². The van der Waals surface area contributed by atoms with Gasteiger partial charge in [-0.15, -0.1) is 0 Å². The van der Waals surface area contributed by atoms with E-state index in [1.807, 2.05) is 37.3 Å². The number of hydrogen-bond acceptors (Lipinski definition) is 6. The Morgan fingerprint density at radius 1 is 0.698 bits per heavy atom. The summed E-state index contributed by atoms with van der Waals surface area (Å²) >= 11 is 0. The predicted molar refractivity (Wildman–Crippen MR) is 168 cm³/mol. The first-order valence-corrected chi connectivity index (χ1v) is 13.4. The summed E-state index contributed by atoms with van der Waals surface area (Å²) in [5, 5.41) is 5.52. The zero-order valence-corrected chi connectivity index (χ0v) is 24.3. The van der Waals surface area contributed by atoms with Gasteiger partial charge in [0.1, 0.15) is 11.4 Å². The molecular weight excluding hydrogens is 544 g/mol. The van der Waals surface area contributed by atoms with Crippen LogP contribution >= 0.6 is 0 Å². The highest BCUT2D eigenvalue weighted by molar-refractivity contribution is 6.11. The Balaban J connectivity index is 1.50. The van der Waals surface area contributed by atoms with Gasteiger partial charge in [0.2, 0.25) is 0 Å². The summed E-state index contributed by atoms with van der Waals surface area (Å²) < 4.78 is 16.1. The second-order valence-corrected chi connectivity index (χ2v) is 9.47. The zero-order chi connectivity index (χ0) is 30.8. The fourth-order valence-corrected chi connectivity index (χ4v) is 4.13. The maximum atomic E-state index is 13.3. The van der Waals surface area contributed by atoms with Gasteiger partial charge in [-0.05, 0) is 73.2 Å². The summed E-state index contributed by atoms with van der Waals surface area (Å²) in [4.78, 5) is 39.0. The first-order chi connectivity index (χ1) is 20.8. The number of rotatable bonds is 11. The summed E-state index contributed by atoms with van der Waals surface area (Å²) in [6.07, 6.45) is 4.68. The van der Waals surface area contributed by atoms with Gasteiger partial charge in [0.05, 0.1) is 21.3 Å². The van der Waals surface area contributed by atoms with E-state index in [0.29, 0.717) is 39.6 Å². The highest BCUT2D eigenvalue weighted by Crippen LogP contribution is 2.35. The highest BCUT2D eigenvalue weighted by atomic mass is 16.5. The van der Waals surface area contributed by atoms with Crippen LogP contribution in [0.25, 0.3) is 12.2 Å². The molecule has 0 saturated heterocycles. The van der Waals surface area contributed by atoms with Crippen LogP contribution in [0.5, 0.6) is 17.2 Å². The lowest BCUT2D eigenvalue weighted by Crippen LogP contribution is -2.30. The minimum Gasteiger partial charge on any atom is -0.496 e. The number of hydrogen-bond donors (Lipinski definition) is 2. The molecule has 2 N–H and O–H groups in total. The van der Waals surface area contributed by atoms with Crippen molar-refractivity contribution >= 4 is 35.4 Å². The lowest BCUT2D eigenvalue weighted by atomic mass is 10.1. The largest absolute Gasteiger partial charge is 0.496 e. The van der Waals surface area contributed by atoms with Crippen molar-refractivity contribution in [1.29, 1.82) is 0 Å². The third-order valence-electron chi connectivity index (χ3n) is 6.49. The lowest BCUT2D eigenvalue weighted by molar-refractivity contribution is -0.113. The summed E-state index contributed by atoms with van der Waals surface area (Å²) in [6.45, 7) is 1.97. The number of carbonyl (C=O) groups excluding carboxylic acids is 3. The van der Waals surface area contributed by atoms with Crippen molar-refractivity contribution in [2.75, 3.05) is 26.6 Å². The first kappa shape index (κ1) is 30.3. The van der Waals surface area contributed by atoms with E-state index in [2.05, 4.69) is 10.6 Å². The van der Waals surface area contributed by atoms with E-state index < -0.39 is 11.8 Å². The minimum absolute atomic E-state index is 0.0738. The molecule has 8 nitrogen and oxygen atoms in total. The van der Waals surface area contributed by atoms with E-state index in [9.17, 15) is 14.4 Å². The summed E-state index contributed by atoms with van der Waals surface area (Å²) in [5.74, 6) is 0.374. The van der Waals surface area contributed by atoms with Gasteiger partial charge in [0.15, 0.2) is 17.3 Å². The van der Waals surface area contributed by atoms with Crippen molar-refractivity contribution < 1.29 is 28.6 Å². The van der Waals surface area contributed by atoms with Gasteiger partial charge < -0.3 is 24.8 Å². The van der Waals surface area contributed by atoms with Crippen LogP contribution in [0.2, 0.25) is 0 Å². The Morgan fingerprint density at radius 3 is 1.95 bits per heavy atom. The molecule has 8 heteroatoms. The monoisotopic (exact) mass is 576 g/mol. The topological polar surface area (TPSA) is 103 Å². The van der Waals surface area contributed by atoms with Gasteiger partial charge in [0.25, 0.3) is 11.8 Å². The smallest absolute Gasteiger partial charge is 0.272 e. The number of amides is 2. The summed E-state index contributed by atoms with van der Waals surface area (Å²) in [5.41, 5.74) is 3.84. The Bertz CT molecular complexity index is 1660. The molecule has 4 aromatic rings. The van der Waals surface area contributed by atoms with Crippen LogP contribution in [0.4, 0.5) is 5.69 Å². The van der Waals surface area contributed by atoms with Crippen molar-refractivity contribution in [3.05, 3.63) is 131 Å². The third kappa shape index (κ3) is 7.98. The average Bonchev–Trinajstić information content (AvgIpc) is 3.04. The molecule has 0 saturated carbocycles. The van der Waals surface area contributed by atoms with Crippen molar-refractivity contribution in [2.24, 2.45) is 0 Å². The molecule has 0 atom stereocenters. The molecule has 0 aliphatic carbocycles. The SMILES string of the molecule is COc1cc(OC)c(OC)cc1/C=C/C(=O)c1ccc(NC(=O)/C(=C/c2ccc(C)cc2)NC(=O)c2ccccc2)cc1. The molecule has 0 radical (unpaired) electrons. The average molecular weight is 577 g/mol. The lowest BCUT2D eigenvalue weighted by Gasteiger charge is -2.12. The van der Waals surface area contributed by atoms with Crippen LogP contribution < -0.4 is 24.8 Å². The molecule has 0 spiro atoms. The van der Waals surface area contributed by atoms with E-state index in [0.717, 1.165) is 11.1 Å². The van der Waals surface area contributed by atoms with Crippen LogP contribution in [0.3, 0.4) is 0 Å². The first-order valence-electron chi connectivity index (χ1n) is 13.4. The second-order valence-electron chi connectivity index (χ2n) is 9.47. The van der Waals surface area contributed by atoms with Crippen molar-refractivity contribution in [2.45, 2.75) is 6.92 Å². The van der Waals surface area contributed by atoms with Crippen LogP contribution in [0.1, 0.15) is 37.4 Å². The highest BCUT2D eigenvalue weighted by Gasteiger charge is 2.16. The van der Waals surface area contributed by atoms with Crippen molar-refractivity contribution in [3.8, 4) is 17.2 Å². The third-order valence-corrected chi connectivity index (χ3v) is 6.49. The maximum absolute atomic E-state index is 13.3. The van der Waals surface area contributed by atoms with E-state index in [1.54, 1.807) is 72.8 Å². The van der Waals surface area contributed by atoms with Gasteiger partial charge >= 0.3 is 0 Å². The normalized spacial score (nSPS) is 11.1. The molecule has 0 aromatic heterocycles. The fraction of sp³-hybridized carbons (Fsp3) is 0.114. The molecule has 4 rings (SSSR count). The van der Waals surface area contributed by atoms with Gasteiger partial charge in [-0.1, -0.05) is 48.0 Å². The number of methoxy groups -OCH3 is 3. The van der Waals surface area contributed by atoms with E-state index in [1.165, 1.54) is 27.4 Å². The molecule has 0 bridgehead atoms. The van der Waals surface area contributed by atoms with Gasteiger partial charge in [-0.3, -0.25) is 14.4 Å². The Labute approximate surface area is 250 Å². The van der Waals surface area contributed by atoms with Gasteiger partial charge in [-0.25, -0.2) is 0 Å². The maximum Gasteiger partial charge on any atom is 0.272 e. The summed E-state index contributed by atoms with van der Waals surface area (Å²) in [6, 6.07) is 26.1. The number of carbonyl (C=O) groups is 3. The molecule has 43 heavy (non-hydrogen) atoms. The Hall–Kier alpha value is -5.63. The zero-order valence-electron chi connectivity index (χ0n) is 24.3. The quantitative estimate of drug-likeness (QED) is 0.160. The van der Waals surface area contributed by atoms with Crippen LogP contribution in [-0.4, -0.2) is 38.9 Å². The molecule has 0 aliphatic heterocycles. The molecular formula is C35H32N2O6. The van der Waals surface area contributed by atoms with Crippen LogP contribution in [0, 0.1) is 6.92 Å². The summed E-state index contributed by atoms with van der Waals surface area (Å²) in [7, 11) is 4.59. The molecule has 0 heterocycles. The number of allylic oxidation sites excluding steroid dienone is 1. The molecule has 0 fully saturated rings. The number of ether oxygens (including phenoxy) is 3. The molecule has 2 amide bonds. The van der Waals surface area contributed by atoms with E-state index in [-0.39, 0.29) is 11.5 Å². The van der Waals surface area contributed by atoms with Crippen molar-refractivity contribution in [3.63, 3.8) is 0 Å². The standard InChI is InChI=1S/C35H32N2O6/c1-23-10-12-24(13-11-23)20-29(37-34(39)26-8-6-5-7-9-26)35(40)36-28-17-14-25(15-18-28)30(38)19-16-27-21-32(42-3)33(43-4)22-31(27)41-2/h5-22H,1-4H3,(H,36,40)(H,37,39)/b19-16+,29-20-. The van der Waals surface area contributed by atoms with Gasteiger partial charge in [0, 0.05) is 28.4 Å². The number of anilines is 1. The number of nitrogens with one attached hydrogen (secondary N) is 2. The Morgan fingerprint density at radius 2 is 1.33 bits per heavy atom. The van der Waals surface area contributed by atoms with Crippen molar-refractivity contribution in [1.82, 2.24) is 5.32 Å². The van der Waals surface area contributed by atoms with E-state index >= 15 is 0 Å². The van der Waals surface area contributed by atoms with Gasteiger partial charge in [-0.2, -0.15) is 0 Å². The minimum atomic E-state index is -0.510. The van der Waals surface area contributed by atoms with Crippen LogP contribution in [-0.2, 0) is 4.79 Å². The molecule has 4 aromatic carbocycles. The molecule has 0 unspecified atom stereocenters. The second kappa shape index (κ2) is 14.3. The fourth-order valence-electron chi connectivity index (χ4n) is 4.13. The number of aryl methyl sites for hydroxylation is 1.